The Labute approximate surface area is 142 Å². The van der Waals surface area contributed by atoms with Crippen LogP contribution in [-0.4, -0.2) is 5.97 Å². The first-order valence-corrected chi connectivity index (χ1v) is 4.04. The van der Waals surface area contributed by atoms with Crippen molar-refractivity contribution in [2.75, 3.05) is 0 Å². The summed E-state index contributed by atoms with van der Waals surface area (Å²) in [6.07, 6.45) is 3.06. The van der Waals surface area contributed by atoms with Gasteiger partial charge in [-0.2, -0.15) is 0 Å². The summed E-state index contributed by atoms with van der Waals surface area (Å²) in [5.74, 6) is -0.396. The Morgan fingerprint density at radius 3 is 2.46 bits per heavy atom. The van der Waals surface area contributed by atoms with Crippen molar-refractivity contribution in [2.24, 2.45) is 0 Å². The summed E-state index contributed by atoms with van der Waals surface area (Å²) in [5, 5.41) is 0. The molecule has 2 nitrogen and oxygen atoms in total. The number of benzene rings is 1. The van der Waals surface area contributed by atoms with Crippen molar-refractivity contribution in [3.05, 3.63) is 42.0 Å². The van der Waals surface area contributed by atoms with Crippen LogP contribution in [0.3, 0.4) is 0 Å². The largest absolute Gasteiger partial charge is 0 e. The molecular weight excluding hydrogens is 457 g/mol. The van der Waals surface area contributed by atoms with Gasteiger partial charge in [0.15, 0.2) is 0 Å². The molecule has 1 aromatic carbocycles. The van der Waals surface area contributed by atoms with Crippen molar-refractivity contribution in [2.45, 2.75) is 0 Å². The van der Waals surface area contributed by atoms with Crippen molar-refractivity contribution in [1.82, 2.24) is 0 Å². The Kier molecular flexibility index (Phi) is 9.46. The minimum absolute atomic E-state index is 0. The molecule has 0 saturated heterocycles. The summed E-state index contributed by atoms with van der Waals surface area (Å²) >= 11 is 2.27. The normalized spacial score (nSPS) is 9.38. The van der Waals surface area contributed by atoms with Gasteiger partial charge >= 0.3 is 104 Å². The molecule has 1 aromatic rings. The van der Waals surface area contributed by atoms with Crippen LogP contribution in [0, 0.1) is 86.1 Å². The molecule has 0 spiro atoms. The molecule has 0 aliphatic rings. The first kappa shape index (κ1) is 14.3. The maximum absolute atomic E-state index is 10.6. The molecule has 73 valence electrons. The Morgan fingerprint density at radius 1 is 1.31 bits per heavy atom. The topological polar surface area (TPSA) is 26.3 Å². The van der Waals surface area contributed by atoms with E-state index in [-0.39, 0.29) is 40.8 Å². The standard InChI is InChI=1S/C9H8O2.Nd.Yb/c10-9(11)7-6-8-4-2-1-3-5-8;;/h1-7H,(H,10,11);;/q;;+1/p-1/b7-6+;;. The van der Waals surface area contributed by atoms with E-state index in [2.05, 4.69) is 45.6 Å². The van der Waals surface area contributed by atoms with E-state index >= 15 is 0 Å². The molecule has 0 bridgehead atoms. The summed E-state index contributed by atoms with van der Waals surface area (Å²) in [6.45, 7) is 0. The zero-order chi connectivity index (χ0) is 8.81. The molecule has 0 atom stereocenters. The van der Waals surface area contributed by atoms with Gasteiger partial charge in [0, 0.05) is 40.8 Å². The van der Waals surface area contributed by atoms with Gasteiger partial charge < -0.3 is 0 Å². The fourth-order valence-electron chi connectivity index (χ4n) is 0.747. The maximum Gasteiger partial charge on any atom is 0 e. The van der Waals surface area contributed by atoms with Gasteiger partial charge in [-0.05, 0) is 0 Å². The Balaban J connectivity index is 0.00000144. The molecular formula is C9H7NdO2Yb. The van der Waals surface area contributed by atoms with Gasteiger partial charge in [-0.1, -0.05) is 0 Å². The number of hydrogen-bond acceptors (Lipinski definition) is 2. The third-order valence-corrected chi connectivity index (χ3v) is 1.61. The molecule has 0 aliphatic heterocycles. The maximum atomic E-state index is 10.6. The molecule has 0 aromatic heterocycles. The number of carbonyl (C=O) groups is 1. The Hall–Kier alpha value is 1.30. The molecule has 1 rings (SSSR count). The summed E-state index contributed by atoms with van der Waals surface area (Å²) in [6, 6.07) is 9.54. The molecule has 0 heterocycles. The number of carbonyl (C=O) groups excluding carboxylic acids is 1. The van der Waals surface area contributed by atoms with Crippen LogP contribution < -0.4 is 0 Å². The summed E-state index contributed by atoms with van der Waals surface area (Å²) in [5.41, 5.74) is 0.973. The fraction of sp³-hybridized carbons (Fsp3) is 0. The van der Waals surface area contributed by atoms with Crippen LogP contribution in [0.2, 0.25) is 0 Å². The van der Waals surface area contributed by atoms with Crippen molar-refractivity contribution >= 4 is 12.0 Å². The molecule has 0 fully saturated rings. The van der Waals surface area contributed by atoms with Crippen molar-refractivity contribution in [3.63, 3.8) is 0 Å². The van der Waals surface area contributed by atoms with Crippen molar-refractivity contribution in [1.29, 1.82) is 0 Å². The second kappa shape index (κ2) is 8.60. The minimum Gasteiger partial charge on any atom is 0 e. The van der Waals surface area contributed by atoms with E-state index < -0.39 is 5.97 Å². The monoisotopic (exact) mass is 463 g/mol. The summed E-state index contributed by atoms with van der Waals surface area (Å²) in [7, 11) is 0. The van der Waals surface area contributed by atoms with Gasteiger partial charge in [-0.25, -0.2) is 0 Å². The van der Waals surface area contributed by atoms with Crippen LogP contribution in [0.1, 0.15) is 5.56 Å². The first-order chi connectivity index (χ1) is 5.83. The van der Waals surface area contributed by atoms with Gasteiger partial charge in [-0.15, -0.1) is 0 Å². The summed E-state index contributed by atoms with van der Waals surface area (Å²) in [4.78, 5) is 10.6. The average molecular weight is 464 g/mol. The minimum atomic E-state index is -0.396. The van der Waals surface area contributed by atoms with E-state index in [0.29, 0.717) is 0 Å². The molecule has 13 heavy (non-hydrogen) atoms. The van der Waals surface area contributed by atoms with Crippen molar-refractivity contribution < 1.29 is 91.2 Å². The molecule has 0 aliphatic carbocycles. The molecule has 0 saturated carbocycles. The average Bonchev–Trinajstić information content (AvgIpc) is 2.16. The van der Waals surface area contributed by atoms with Crippen LogP contribution in [0.15, 0.2) is 36.4 Å². The smallest absolute Gasteiger partial charge is 0 e. The van der Waals surface area contributed by atoms with Crippen molar-refractivity contribution in [3.8, 4) is 0 Å². The van der Waals surface area contributed by atoms with Crippen LogP contribution >= 0.6 is 0 Å². The molecule has 0 radical (unpaired) electrons. The van der Waals surface area contributed by atoms with Gasteiger partial charge in [0.05, 0.1) is 0 Å². The van der Waals surface area contributed by atoms with Gasteiger partial charge in [-0.3, -0.25) is 0 Å². The van der Waals surface area contributed by atoms with E-state index in [0.717, 1.165) is 5.56 Å². The third kappa shape index (κ3) is 6.39. The van der Waals surface area contributed by atoms with E-state index in [1.165, 1.54) is 6.08 Å². The molecule has 0 N–H and O–H groups in total. The Bertz CT molecular complexity index is 285. The zero-order valence-corrected chi connectivity index (χ0v) is 11.5. The predicted molar refractivity (Wildman–Crippen MR) is 41.6 cm³/mol. The number of hydrogen-bond donors (Lipinski definition) is 0. The third-order valence-electron chi connectivity index (χ3n) is 1.27. The second-order valence-electron chi connectivity index (χ2n) is 2.12. The molecule has 0 unspecified atom stereocenters. The second-order valence-corrected chi connectivity index (χ2v) is 2.47. The van der Waals surface area contributed by atoms with E-state index in [9.17, 15) is 4.79 Å². The zero-order valence-electron chi connectivity index (χ0n) is 6.63. The van der Waals surface area contributed by atoms with Crippen LogP contribution in [-0.2, 0) is 5.10 Å². The van der Waals surface area contributed by atoms with Gasteiger partial charge in [0.1, 0.15) is 0 Å². The fourth-order valence-corrected chi connectivity index (χ4v) is 0.863. The van der Waals surface area contributed by atoms with Crippen LogP contribution in [0.4, 0.5) is 0 Å². The Morgan fingerprint density at radius 2 is 1.92 bits per heavy atom. The van der Waals surface area contributed by atoms with Gasteiger partial charge in [0.2, 0.25) is 0 Å². The SMILES string of the molecule is O=C(/C=C/c1ccccc1)[O][Yb].[Nd]. The van der Waals surface area contributed by atoms with E-state index in [1.54, 1.807) is 6.08 Å². The quantitative estimate of drug-likeness (QED) is 0.624. The van der Waals surface area contributed by atoms with E-state index in [1.807, 2.05) is 30.3 Å². The van der Waals surface area contributed by atoms with Crippen LogP contribution in [0.25, 0.3) is 6.08 Å². The number of rotatable bonds is 2. The summed E-state index contributed by atoms with van der Waals surface area (Å²) < 4.78 is 4.31. The van der Waals surface area contributed by atoms with Gasteiger partial charge in [0.25, 0.3) is 0 Å². The molecule has 0 amide bonds. The first-order valence-electron chi connectivity index (χ1n) is 3.34. The predicted octanol–water partition coefficient (Wildman–Crippen LogP) is 1.71. The molecule has 4 heteroatoms. The van der Waals surface area contributed by atoms with Crippen LogP contribution in [0.5, 0.6) is 0 Å². The van der Waals surface area contributed by atoms with E-state index in [4.69, 9.17) is 0 Å².